The lowest BCUT2D eigenvalue weighted by Gasteiger charge is -2.34. The van der Waals surface area contributed by atoms with Gasteiger partial charge in [0.1, 0.15) is 11.8 Å². The number of amides is 1. The van der Waals surface area contributed by atoms with E-state index in [0.717, 1.165) is 23.3 Å². The van der Waals surface area contributed by atoms with Crippen molar-refractivity contribution in [3.8, 4) is 5.75 Å². The monoisotopic (exact) mass is 428 g/mol. The summed E-state index contributed by atoms with van der Waals surface area (Å²) in [7, 11) is -3.65. The van der Waals surface area contributed by atoms with Crippen molar-refractivity contribution in [1.29, 1.82) is 0 Å². The lowest BCUT2D eigenvalue weighted by molar-refractivity contribution is -0.274. The number of hydrogen-bond donors (Lipinski definition) is 1. The van der Waals surface area contributed by atoms with Gasteiger partial charge in [-0.25, -0.2) is 8.42 Å². The zero-order valence-electron chi connectivity index (χ0n) is 15.4. The summed E-state index contributed by atoms with van der Waals surface area (Å²) in [6.45, 7) is 1.59. The molecule has 0 saturated heterocycles. The highest BCUT2D eigenvalue weighted by Crippen LogP contribution is 2.28. The second-order valence-electron chi connectivity index (χ2n) is 6.50. The number of nitrogens with zero attached hydrogens (tertiary/aromatic N) is 1. The molecule has 1 amide bonds. The fraction of sp³-hybridized carbons (Fsp3) is 0.316. The molecule has 10 heteroatoms. The number of anilines is 1. The van der Waals surface area contributed by atoms with Gasteiger partial charge in [0.05, 0.1) is 5.75 Å². The van der Waals surface area contributed by atoms with Crippen LogP contribution in [0, 0.1) is 0 Å². The number of halogens is 3. The third-order valence-corrected chi connectivity index (χ3v) is 6.41. The lowest BCUT2D eigenvalue weighted by Crippen LogP contribution is -2.51. The average Bonchev–Trinajstić information content (AvgIpc) is 2.67. The number of rotatable bonds is 5. The molecule has 3 rings (SSSR count). The van der Waals surface area contributed by atoms with Gasteiger partial charge in [0, 0.05) is 12.2 Å². The van der Waals surface area contributed by atoms with E-state index in [1.54, 1.807) is 6.07 Å². The molecular formula is C19H19F3N2O4S. The molecule has 0 aliphatic carbocycles. The van der Waals surface area contributed by atoms with Crippen LogP contribution in [0.1, 0.15) is 18.1 Å². The number of hydrogen-bond acceptors (Lipinski definition) is 4. The molecule has 0 aromatic heterocycles. The molecule has 2 aromatic carbocycles. The zero-order valence-corrected chi connectivity index (χ0v) is 16.3. The van der Waals surface area contributed by atoms with Gasteiger partial charge in [0.2, 0.25) is 15.9 Å². The van der Waals surface area contributed by atoms with Gasteiger partial charge in [-0.1, -0.05) is 24.3 Å². The number of carbonyl (C=O) groups excluding carboxylic acids is 1. The molecule has 1 atom stereocenters. The number of sulfonamides is 1. The van der Waals surface area contributed by atoms with Crippen LogP contribution in [0.4, 0.5) is 18.9 Å². The van der Waals surface area contributed by atoms with Gasteiger partial charge < -0.3 is 10.1 Å². The van der Waals surface area contributed by atoms with Crippen LogP contribution in [0.2, 0.25) is 0 Å². The van der Waals surface area contributed by atoms with Crippen LogP contribution in [0.5, 0.6) is 5.75 Å². The van der Waals surface area contributed by atoms with Crippen molar-refractivity contribution in [1.82, 2.24) is 4.31 Å². The van der Waals surface area contributed by atoms with E-state index in [4.69, 9.17) is 0 Å². The number of fused-ring (bicyclic) bond motifs is 1. The average molecular weight is 428 g/mol. The van der Waals surface area contributed by atoms with Crippen molar-refractivity contribution in [2.45, 2.75) is 32.3 Å². The highest BCUT2D eigenvalue weighted by molar-refractivity contribution is 7.89. The number of carbonyl (C=O) groups is 1. The van der Waals surface area contributed by atoms with Gasteiger partial charge in [-0.2, -0.15) is 4.31 Å². The number of alkyl halides is 3. The highest BCUT2D eigenvalue weighted by Gasteiger charge is 2.38. The van der Waals surface area contributed by atoms with Crippen LogP contribution < -0.4 is 10.1 Å². The summed E-state index contributed by atoms with van der Waals surface area (Å²) in [5.41, 5.74) is 1.95. The van der Waals surface area contributed by atoms with E-state index in [1.165, 1.54) is 23.4 Å². The van der Waals surface area contributed by atoms with E-state index in [0.29, 0.717) is 0 Å². The van der Waals surface area contributed by atoms with Gasteiger partial charge in [0.25, 0.3) is 0 Å². The molecule has 1 aliphatic rings. The Labute approximate surface area is 166 Å². The molecule has 0 fully saturated rings. The van der Waals surface area contributed by atoms with E-state index in [1.807, 2.05) is 18.2 Å². The second kappa shape index (κ2) is 8.03. The van der Waals surface area contributed by atoms with Crippen LogP contribution in [0.25, 0.3) is 0 Å². The molecule has 0 saturated carbocycles. The maximum atomic E-state index is 12.8. The predicted molar refractivity (Wildman–Crippen MR) is 101 cm³/mol. The van der Waals surface area contributed by atoms with Crippen molar-refractivity contribution in [2.75, 3.05) is 11.1 Å². The van der Waals surface area contributed by atoms with E-state index in [9.17, 15) is 26.4 Å². The quantitative estimate of drug-likeness (QED) is 0.793. The largest absolute Gasteiger partial charge is 0.573 e. The predicted octanol–water partition coefficient (Wildman–Crippen LogP) is 3.30. The first-order valence-electron chi connectivity index (χ1n) is 8.82. The van der Waals surface area contributed by atoms with Gasteiger partial charge in [-0.3, -0.25) is 4.79 Å². The van der Waals surface area contributed by atoms with Crippen molar-refractivity contribution in [2.24, 2.45) is 0 Å². The van der Waals surface area contributed by atoms with Crippen molar-refractivity contribution in [3.05, 3.63) is 59.7 Å². The second-order valence-corrected chi connectivity index (χ2v) is 8.71. The van der Waals surface area contributed by atoms with Crippen LogP contribution in [0.15, 0.2) is 48.5 Å². The highest BCUT2D eigenvalue weighted by atomic mass is 32.2. The van der Waals surface area contributed by atoms with Crippen molar-refractivity contribution in [3.63, 3.8) is 0 Å². The fourth-order valence-corrected chi connectivity index (χ4v) is 4.37. The Morgan fingerprint density at radius 1 is 1.14 bits per heavy atom. The zero-order chi connectivity index (χ0) is 21.2. The van der Waals surface area contributed by atoms with E-state index < -0.39 is 34.1 Å². The van der Waals surface area contributed by atoms with Gasteiger partial charge in [0.15, 0.2) is 0 Å². The van der Waals surface area contributed by atoms with Gasteiger partial charge in [-0.05, 0) is 48.7 Å². The van der Waals surface area contributed by atoms with Crippen LogP contribution in [-0.2, 0) is 27.8 Å². The maximum Gasteiger partial charge on any atom is 0.573 e. The molecule has 0 unspecified atom stereocenters. The Morgan fingerprint density at radius 3 is 2.34 bits per heavy atom. The van der Waals surface area contributed by atoms with E-state index >= 15 is 0 Å². The standard InChI is InChI=1S/C19H19F3N2O4S/c1-2-29(26,27)24-12-14-6-4-3-5-13(14)11-17(24)18(25)23-15-7-9-16(10-8-15)28-19(20,21)22/h3-10,17H,2,11-12H2,1H3,(H,23,25)/t17-/m1/s1. The number of benzene rings is 2. The SMILES string of the molecule is CCS(=O)(=O)N1Cc2ccccc2C[C@@H]1C(=O)Nc1ccc(OC(F)(F)F)cc1. The van der Waals surface area contributed by atoms with Crippen LogP contribution >= 0.6 is 0 Å². The van der Waals surface area contributed by atoms with Crippen LogP contribution in [-0.4, -0.2) is 36.8 Å². The van der Waals surface area contributed by atoms with Gasteiger partial charge >= 0.3 is 6.36 Å². The summed E-state index contributed by atoms with van der Waals surface area (Å²) in [6.07, 6.45) is -4.61. The smallest absolute Gasteiger partial charge is 0.406 e. The fourth-order valence-electron chi connectivity index (χ4n) is 3.15. The molecule has 0 bridgehead atoms. The number of ether oxygens (including phenoxy) is 1. The molecule has 29 heavy (non-hydrogen) atoms. The Hall–Kier alpha value is -2.59. The lowest BCUT2D eigenvalue weighted by atomic mass is 9.95. The Bertz CT molecular complexity index is 991. The maximum absolute atomic E-state index is 12.8. The van der Waals surface area contributed by atoms with Crippen molar-refractivity contribution >= 4 is 21.6 Å². The minimum Gasteiger partial charge on any atom is -0.406 e. The molecule has 1 N–H and O–H groups in total. The first-order chi connectivity index (χ1) is 13.6. The molecule has 0 spiro atoms. The number of nitrogens with one attached hydrogen (secondary N) is 1. The first-order valence-corrected chi connectivity index (χ1v) is 10.4. The van der Waals surface area contributed by atoms with E-state index in [2.05, 4.69) is 10.1 Å². The molecule has 6 nitrogen and oxygen atoms in total. The minimum atomic E-state index is -4.81. The van der Waals surface area contributed by atoms with Crippen molar-refractivity contribution < 1.29 is 31.1 Å². The molecular weight excluding hydrogens is 409 g/mol. The third-order valence-electron chi connectivity index (χ3n) is 4.59. The topological polar surface area (TPSA) is 75.7 Å². The summed E-state index contributed by atoms with van der Waals surface area (Å²) in [4.78, 5) is 12.8. The Kier molecular flexibility index (Phi) is 5.85. The molecule has 156 valence electrons. The first kappa shape index (κ1) is 21.1. The summed E-state index contributed by atoms with van der Waals surface area (Å²) in [5, 5.41) is 2.58. The summed E-state index contributed by atoms with van der Waals surface area (Å²) in [5.74, 6) is -1.12. The third kappa shape index (κ3) is 5.07. The molecule has 2 aromatic rings. The Balaban J connectivity index is 1.80. The normalized spacial score (nSPS) is 17.4. The Morgan fingerprint density at radius 2 is 1.76 bits per heavy atom. The minimum absolute atomic E-state index is 0.0861. The molecule has 0 radical (unpaired) electrons. The summed E-state index contributed by atoms with van der Waals surface area (Å²) >= 11 is 0. The summed E-state index contributed by atoms with van der Waals surface area (Å²) in [6, 6.07) is 11.0. The molecule has 1 aliphatic heterocycles. The van der Waals surface area contributed by atoms with Crippen LogP contribution in [0.3, 0.4) is 0 Å². The molecule has 1 heterocycles. The van der Waals surface area contributed by atoms with E-state index in [-0.39, 0.29) is 24.4 Å². The van der Waals surface area contributed by atoms with Gasteiger partial charge in [-0.15, -0.1) is 13.2 Å². The summed E-state index contributed by atoms with van der Waals surface area (Å²) < 4.78 is 66.8.